The summed E-state index contributed by atoms with van der Waals surface area (Å²) in [7, 11) is 0. The molecule has 1 aromatic carbocycles. The summed E-state index contributed by atoms with van der Waals surface area (Å²) in [5, 5.41) is 2.86. The minimum absolute atomic E-state index is 0.0239. The van der Waals surface area contributed by atoms with Crippen molar-refractivity contribution < 1.29 is 9.53 Å². The number of rotatable bonds is 4. The molecule has 1 N–H and O–H groups in total. The van der Waals surface area contributed by atoms with E-state index < -0.39 is 0 Å². The van der Waals surface area contributed by atoms with Crippen molar-refractivity contribution in [2.75, 3.05) is 36.5 Å². The lowest BCUT2D eigenvalue weighted by Crippen LogP contribution is -2.40. The molecule has 0 saturated carbocycles. The molecular formula is C22H24N4O2. The summed E-state index contributed by atoms with van der Waals surface area (Å²) in [5.74, 6) is 1.97. The van der Waals surface area contributed by atoms with E-state index in [1.165, 1.54) is 11.1 Å². The molecule has 1 aromatic heterocycles. The number of hydrogen-bond donors (Lipinski definition) is 1. The average molecular weight is 376 g/mol. The maximum Gasteiger partial charge on any atom is 0.245 e. The fourth-order valence-electron chi connectivity index (χ4n) is 4.21. The third-order valence-electron chi connectivity index (χ3n) is 5.87. The Kier molecular flexibility index (Phi) is 4.56. The number of fused-ring (bicyclic) bond motifs is 2. The van der Waals surface area contributed by atoms with Crippen molar-refractivity contribution in [1.82, 2.24) is 9.97 Å². The van der Waals surface area contributed by atoms with Crippen LogP contribution in [0.3, 0.4) is 0 Å². The second-order valence-corrected chi connectivity index (χ2v) is 7.76. The molecule has 2 aliphatic heterocycles. The second-order valence-electron chi connectivity index (χ2n) is 7.76. The van der Waals surface area contributed by atoms with E-state index in [1.54, 1.807) is 6.20 Å². The van der Waals surface area contributed by atoms with Gasteiger partial charge in [0.25, 0.3) is 0 Å². The highest BCUT2D eigenvalue weighted by Crippen LogP contribution is 2.31. The Bertz CT molecular complexity index is 934. The molecule has 0 radical (unpaired) electrons. The molecule has 2 aromatic rings. The molecule has 0 unspecified atom stereocenters. The molecule has 3 aliphatic rings. The smallest absolute Gasteiger partial charge is 0.245 e. The van der Waals surface area contributed by atoms with E-state index in [9.17, 15) is 4.79 Å². The van der Waals surface area contributed by atoms with E-state index in [0.717, 1.165) is 62.5 Å². The Hall–Kier alpha value is -2.73. The highest BCUT2D eigenvalue weighted by atomic mass is 16.5. The van der Waals surface area contributed by atoms with Crippen LogP contribution in [0.4, 0.5) is 11.6 Å². The standard InChI is InChI=1S/C22H24N4O2/c27-20-14-26(9-6-15-7-10-28-11-8-15)22-21(25-20)23-13-19(24-22)18-5-4-16-2-1-3-17(16)12-18/h1,3-5,12-13,15H,2,6-11,14H2,(H,23,25,27). The number of aromatic nitrogens is 2. The van der Waals surface area contributed by atoms with E-state index in [2.05, 4.69) is 45.6 Å². The summed E-state index contributed by atoms with van der Waals surface area (Å²) in [5.41, 5.74) is 4.50. The second kappa shape index (κ2) is 7.36. The number of allylic oxidation sites excluding steroid dienone is 1. The quantitative estimate of drug-likeness (QED) is 0.887. The zero-order valence-corrected chi connectivity index (χ0v) is 15.9. The number of anilines is 2. The average Bonchev–Trinajstić information content (AvgIpc) is 3.20. The fourth-order valence-corrected chi connectivity index (χ4v) is 4.21. The molecule has 1 amide bonds. The van der Waals surface area contributed by atoms with Crippen LogP contribution in [-0.4, -0.2) is 42.2 Å². The van der Waals surface area contributed by atoms with Crippen LogP contribution in [0, 0.1) is 5.92 Å². The maximum absolute atomic E-state index is 12.1. The SMILES string of the molecule is O=C1CN(CCC2CCOCC2)c2nc(-c3ccc4c(c3)C=CC4)cnc2N1. The lowest BCUT2D eigenvalue weighted by atomic mass is 9.96. The lowest BCUT2D eigenvalue weighted by Gasteiger charge is -2.31. The Morgan fingerprint density at radius 2 is 2.14 bits per heavy atom. The van der Waals surface area contributed by atoms with Gasteiger partial charge in [-0.2, -0.15) is 0 Å². The first-order valence-corrected chi connectivity index (χ1v) is 10.1. The Labute approximate surface area is 164 Å². The van der Waals surface area contributed by atoms with E-state index in [1.807, 2.05) is 0 Å². The van der Waals surface area contributed by atoms with E-state index in [0.29, 0.717) is 18.3 Å². The summed E-state index contributed by atoms with van der Waals surface area (Å²) in [6.07, 6.45) is 10.3. The molecule has 5 rings (SSSR count). The molecule has 6 nitrogen and oxygen atoms in total. The van der Waals surface area contributed by atoms with Crippen molar-refractivity contribution in [1.29, 1.82) is 0 Å². The summed E-state index contributed by atoms with van der Waals surface area (Å²) < 4.78 is 5.46. The van der Waals surface area contributed by atoms with Gasteiger partial charge in [-0.3, -0.25) is 4.79 Å². The summed E-state index contributed by atoms with van der Waals surface area (Å²) in [6, 6.07) is 6.44. The van der Waals surface area contributed by atoms with Crippen LogP contribution in [0.2, 0.25) is 0 Å². The highest BCUT2D eigenvalue weighted by Gasteiger charge is 2.26. The van der Waals surface area contributed by atoms with Gasteiger partial charge >= 0.3 is 0 Å². The summed E-state index contributed by atoms with van der Waals surface area (Å²) in [4.78, 5) is 23.6. The van der Waals surface area contributed by atoms with Crippen LogP contribution in [0.25, 0.3) is 17.3 Å². The first-order chi connectivity index (χ1) is 13.8. The van der Waals surface area contributed by atoms with E-state index in [4.69, 9.17) is 9.72 Å². The number of nitrogens with one attached hydrogen (secondary N) is 1. The Morgan fingerprint density at radius 3 is 3.04 bits per heavy atom. The summed E-state index contributed by atoms with van der Waals surface area (Å²) >= 11 is 0. The molecule has 1 fully saturated rings. The Morgan fingerprint density at radius 1 is 1.25 bits per heavy atom. The monoisotopic (exact) mass is 376 g/mol. The molecule has 1 aliphatic carbocycles. The number of amides is 1. The molecule has 28 heavy (non-hydrogen) atoms. The van der Waals surface area contributed by atoms with Gasteiger partial charge in [0, 0.05) is 25.3 Å². The van der Waals surface area contributed by atoms with Gasteiger partial charge in [-0.05, 0) is 48.8 Å². The third kappa shape index (κ3) is 3.40. The first-order valence-electron chi connectivity index (χ1n) is 10.1. The molecule has 3 heterocycles. The van der Waals surface area contributed by atoms with Gasteiger partial charge in [0.1, 0.15) is 0 Å². The van der Waals surface area contributed by atoms with Crippen molar-refractivity contribution >= 4 is 23.6 Å². The Balaban J connectivity index is 1.41. The van der Waals surface area contributed by atoms with Crippen molar-refractivity contribution in [3.05, 3.63) is 41.6 Å². The topological polar surface area (TPSA) is 67.4 Å². The number of benzene rings is 1. The van der Waals surface area contributed by atoms with Gasteiger partial charge in [0.15, 0.2) is 11.6 Å². The molecular weight excluding hydrogens is 352 g/mol. The number of nitrogens with zero attached hydrogens (tertiary/aromatic N) is 3. The maximum atomic E-state index is 12.1. The molecule has 1 saturated heterocycles. The lowest BCUT2D eigenvalue weighted by molar-refractivity contribution is -0.115. The summed E-state index contributed by atoms with van der Waals surface area (Å²) in [6.45, 7) is 2.84. The molecule has 0 spiro atoms. The number of hydrogen-bond acceptors (Lipinski definition) is 5. The van der Waals surface area contributed by atoms with E-state index in [-0.39, 0.29) is 5.91 Å². The van der Waals surface area contributed by atoms with Gasteiger partial charge < -0.3 is 15.0 Å². The van der Waals surface area contributed by atoms with Crippen LogP contribution in [0.15, 0.2) is 30.5 Å². The van der Waals surface area contributed by atoms with Crippen LogP contribution in [-0.2, 0) is 16.0 Å². The fraction of sp³-hybridized carbons (Fsp3) is 0.409. The van der Waals surface area contributed by atoms with Crippen molar-refractivity contribution in [3.8, 4) is 11.3 Å². The van der Waals surface area contributed by atoms with Crippen molar-refractivity contribution in [2.24, 2.45) is 5.92 Å². The molecule has 0 atom stereocenters. The van der Waals surface area contributed by atoms with Gasteiger partial charge in [0.2, 0.25) is 5.91 Å². The zero-order valence-electron chi connectivity index (χ0n) is 15.9. The van der Waals surface area contributed by atoms with Gasteiger partial charge in [0.05, 0.1) is 18.4 Å². The van der Waals surface area contributed by atoms with E-state index >= 15 is 0 Å². The predicted octanol–water partition coefficient (Wildman–Crippen LogP) is 3.29. The normalized spacial score (nSPS) is 18.7. The molecule has 0 bridgehead atoms. The number of carbonyl (C=O) groups excluding carboxylic acids is 1. The van der Waals surface area contributed by atoms with Gasteiger partial charge in [-0.15, -0.1) is 0 Å². The predicted molar refractivity (Wildman–Crippen MR) is 109 cm³/mol. The van der Waals surface area contributed by atoms with Crippen LogP contribution in [0.5, 0.6) is 0 Å². The van der Waals surface area contributed by atoms with Gasteiger partial charge in [-0.25, -0.2) is 9.97 Å². The van der Waals surface area contributed by atoms with Crippen LogP contribution < -0.4 is 10.2 Å². The highest BCUT2D eigenvalue weighted by molar-refractivity contribution is 5.99. The molecule has 6 heteroatoms. The van der Waals surface area contributed by atoms with Crippen molar-refractivity contribution in [2.45, 2.75) is 25.7 Å². The first kappa shape index (κ1) is 17.4. The van der Waals surface area contributed by atoms with Crippen molar-refractivity contribution in [3.63, 3.8) is 0 Å². The van der Waals surface area contributed by atoms with Gasteiger partial charge in [-0.1, -0.05) is 24.3 Å². The third-order valence-corrected chi connectivity index (χ3v) is 5.87. The largest absolute Gasteiger partial charge is 0.381 e. The number of ether oxygens (including phenoxy) is 1. The minimum Gasteiger partial charge on any atom is -0.381 e. The van der Waals surface area contributed by atoms with Crippen LogP contribution >= 0.6 is 0 Å². The zero-order chi connectivity index (χ0) is 18.9. The molecule has 144 valence electrons. The number of carbonyl (C=O) groups is 1. The van der Waals surface area contributed by atoms with Crippen LogP contribution in [0.1, 0.15) is 30.4 Å². The minimum atomic E-state index is -0.0239.